The first-order chi connectivity index (χ1) is 8.68. The Bertz CT molecular complexity index is 664. The van der Waals surface area contributed by atoms with Crippen LogP contribution in [-0.4, -0.2) is 20.5 Å². The second kappa shape index (κ2) is 4.11. The van der Waals surface area contributed by atoms with Gasteiger partial charge in [-0.15, -0.1) is 0 Å². The molecule has 2 N–H and O–H groups in total. The van der Waals surface area contributed by atoms with Gasteiger partial charge < -0.3 is 5.73 Å². The zero-order chi connectivity index (χ0) is 14.4. The van der Waals surface area contributed by atoms with Crippen molar-refractivity contribution in [3.8, 4) is 6.07 Å². The first-order valence-corrected chi connectivity index (χ1v) is 6.51. The van der Waals surface area contributed by atoms with Gasteiger partial charge in [0.1, 0.15) is 0 Å². The summed E-state index contributed by atoms with van der Waals surface area (Å²) in [5.41, 5.74) is 0.350. The van der Waals surface area contributed by atoms with Gasteiger partial charge in [0.15, 0.2) is 0 Å². The molecule has 9 heteroatoms. The molecule has 2 rings (SSSR count). The number of fused-ring (bicyclic) bond motifs is 1. The summed E-state index contributed by atoms with van der Waals surface area (Å²) in [7, 11) is -5.50. The molecule has 1 aromatic carbocycles. The number of sulfonamides is 1. The number of hydrogen-bond donors (Lipinski definition) is 1. The molecule has 0 amide bonds. The standard InChI is InChI=1S/C10H8F3N3O2S/c11-10(12,13)19(17,18)16-5-8(15)7-2-1-6(4-14)3-9(7)16/h1-3,8H,5,15H2/t8-/m0/s1. The van der Waals surface area contributed by atoms with E-state index >= 15 is 0 Å². The van der Waals surface area contributed by atoms with Crippen LogP contribution in [0.5, 0.6) is 0 Å². The normalized spacial score (nSPS) is 19.1. The van der Waals surface area contributed by atoms with E-state index in [9.17, 15) is 21.6 Å². The van der Waals surface area contributed by atoms with Crippen LogP contribution in [0.25, 0.3) is 0 Å². The SMILES string of the molecule is N#Cc1ccc2c(c1)N(S(=O)(=O)C(F)(F)F)C[C@@H]2N. The molecule has 0 radical (unpaired) electrons. The summed E-state index contributed by atoms with van der Waals surface area (Å²) in [6, 6.07) is 4.72. The van der Waals surface area contributed by atoms with Crippen molar-refractivity contribution in [2.75, 3.05) is 10.8 Å². The third-order valence-electron chi connectivity index (χ3n) is 2.77. The van der Waals surface area contributed by atoms with Crippen LogP contribution in [-0.2, 0) is 10.0 Å². The highest BCUT2D eigenvalue weighted by Gasteiger charge is 2.52. The fourth-order valence-electron chi connectivity index (χ4n) is 1.87. The fourth-order valence-corrected chi connectivity index (χ4v) is 2.89. The average Bonchev–Trinajstić information content (AvgIpc) is 2.65. The number of nitrogens with zero attached hydrogens (tertiary/aromatic N) is 2. The van der Waals surface area contributed by atoms with Crippen molar-refractivity contribution < 1.29 is 21.6 Å². The molecule has 1 aromatic rings. The summed E-state index contributed by atoms with van der Waals surface area (Å²) in [4.78, 5) is 0. The average molecular weight is 291 g/mol. The Balaban J connectivity index is 2.59. The molecule has 0 saturated heterocycles. The molecule has 0 aliphatic carbocycles. The third kappa shape index (κ3) is 2.02. The molecular weight excluding hydrogens is 283 g/mol. The lowest BCUT2D eigenvalue weighted by Crippen LogP contribution is -2.40. The minimum atomic E-state index is -5.50. The van der Waals surface area contributed by atoms with E-state index in [1.54, 1.807) is 6.07 Å². The minimum Gasteiger partial charge on any atom is -0.322 e. The fraction of sp³-hybridized carbons (Fsp3) is 0.300. The van der Waals surface area contributed by atoms with Gasteiger partial charge in [-0.25, -0.2) is 0 Å². The molecule has 1 aliphatic rings. The maximum Gasteiger partial charge on any atom is 0.516 e. The van der Waals surface area contributed by atoms with Crippen molar-refractivity contribution in [3.05, 3.63) is 29.3 Å². The Hall–Kier alpha value is -1.79. The van der Waals surface area contributed by atoms with Gasteiger partial charge in [0.05, 0.1) is 29.9 Å². The molecule has 1 atom stereocenters. The predicted octanol–water partition coefficient (Wildman–Crippen LogP) is 1.23. The van der Waals surface area contributed by atoms with Gasteiger partial charge in [0.25, 0.3) is 0 Å². The van der Waals surface area contributed by atoms with Crippen LogP contribution in [0.3, 0.4) is 0 Å². The van der Waals surface area contributed by atoms with E-state index in [1.807, 2.05) is 0 Å². The molecular formula is C10H8F3N3O2S. The lowest BCUT2D eigenvalue weighted by Gasteiger charge is -2.20. The number of benzene rings is 1. The Morgan fingerprint density at radius 3 is 2.58 bits per heavy atom. The maximum atomic E-state index is 12.6. The van der Waals surface area contributed by atoms with Crippen LogP contribution in [0, 0.1) is 11.3 Å². The van der Waals surface area contributed by atoms with Gasteiger partial charge in [-0.1, -0.05) is 6.07 Å². The number of halogens is 3. The van der Waals surface area contributed by atoms with Crippen molar-refractivity contribution in [1.82, 2.24) is 0 Å². The smallest absolute Gasteiger partial charge is 0.322 e. The summed E-state index contributed by atoms with van der Waals surface area (Å²) in [6.45, 7) is -0.494. The van der Waals surface area contributed by atoms with E-state index in [4.69, 9.17) is 11.0 Å². The van der Waals surface area contributed by atoms with Gasteiger partial charge in [-0.3, -0.25) is 4.31 Å². The molecule has 102 valence electrons. The van der Waals surface area contributed by atoms with E-state index < -0.39 is 28.1 Å². The molecule has 0 spiro atoms. The first kappa shape index (κ1) is 13.6. The van der Waals surface area contributed by atoms with Gasteiger partial charge in [0.2, 0.25) is 0 Å². The van der Waals surface area contributed by atoms with Crippen LogP contribution in [0.4, 0.5) is 18.9 Å². The summed E-state index contributed by atoms with van der Waals surface area (Å²) in [5.74, 6) is 0. The van der Waals surface area contributed by atoms with Crippen molar-refractivity contribution in [1.29, 1.82) is 5.26 Å². The van der Waals surface area contributed by atoms with Crippen LogP contribution < -0.4 is 10.0 Å². The number of nitrogens with two attached hydrogens (primary N) is 1. The Morgan fingerprint density at radius 1 is 1.42 bits per heavy atom. The van der Waals surface area contributed by atoms with Crippen LogP contribution in [0.2, 0.25) is 0 Å². The highest BCUT2D eigenvalue weighted by molar-refractivity contribution is 7.93. The van der Waals surface area contributed by atoms with Gasteiger partial charge >= 0.3 is 15.5 Å². The van der Waals surface area contributed by atoms with Gasteiger partial charge in [-0.05, 0) is 17.7 Å². The summed E-state index contributed by atoms with van der Waals surface area (Å²) < 4.78 is 60.7. The zero-order valence-electron chi connectivity index (χ0n) is 9.35. The molecule has 0 saturated carbocycles. The topological polar surface area (TPSA) is 87.2 Å². The summed E-state index contributed by atoms with van der Waals surface area (Å²) in [6.07, 6.45) is 0. The van der Waals surface area contributed by atoms with Gasteiger partial charge in [-0.2, -0.15) is 26.9 Å². The maximum absolute atomic E-state index is 12.6. The molecule has 0 fully saturated rings. The Morgan fingerprint density at radius 2 is 2.05 bits per heavy atom. The number of alkyl halides is 3. The van der Waals surface area contributed by atoms with Crippen molar-refractivity contribution in [2.24, 2.45) is 5.73 Å². The second-order valence-electron chi connectivity index (χ2n) is 3.97. The number of nitriles is 1. The van der Waals surface area contributed by atoms with Crippen LogP contribution in [0.15, 0.2) is 18.2 Å². The second-order valence-corrected chi connectivity index (χ2v) is 5.83. The molecule has 0 aromatic heterocycles. The zero-order valence-corrected chi connectivity index (χ0v) is 10.2. The van der Waals surface area contributed by atoms with E-state index in [2.05, 4.69) is 0 Å². The highest BCUT2D eigenvalue weighted by Crippen LogP contribution is 2.40. The number of rotatable bonds is 1. The monoisotopic (exact) mass is 291 g/mol. The summed E-state index contributed by atoms with van der Waals surface area (Å²) >= 11 is 0. The van der Waals surface area contributed by atoms with E-state index in [1.165, 1.54) is 12.1 Å². The lowest BCUT2D eigenvalue weighted by atomic mass is 10.1. The van der Waals surface area contributed by atoms with Crippen molar-refractivity contribution >= 4 is 15.7 Å². The van der Waals surface area contributed by atoms with Crippen molar-refractivity contribution in [3.63, 3.8) is 0 Å². The molecule has 0 unspecified atom stereocenters. The molecule has 19 heavy (non-hydrogen) atoms. The van der Waals surface area contributed by atoms with Crippen LogP contribution in [0.1, 0.15) is 17.2 Å². The van der Waals surface area contributed by atoms with E-state index in [0.29, 0.717) is 0 Å². The van der Waals surface area contributed by atoms with Crippen molar-refractivity contribution in [2.45, 2.75) is 11.6 Å². The highest BCUT2D eigenvalue weighted by atomic mass is 32.2. The lowest BCUT2D eigenvalue weighted by molar-refractivity contribution is -0.0438. The van der Waals surface area contributed by atoms with Crippen LogP contribution >= 0.6 is 0 Å². The van der Waals surface area contributed by atoms with E-state index in [-0.39, 0.29) is 21.1 Å². The molecule has 1 aliphatic heterocycles. The molecule has 0 bridgehead atoms. The Kier molecular flexibility index (Phi) is 2.95. The molecule has 5 nitrogen and oxygen atoms in total. The largest absolute Gasteiger partial charge is 0.516 e. The Labute approximate surface area is 107 Å². The van der Waals surface area contributed by atoms with Gasteiger partial charge in [0, 0.05) is 0 Å². The quantitative estimate of drug-likeness (QED) is 0.843. The third-order valence-corrected chi connectivity index (χ3v) is 4.28. The molecule has 1 heterocycles. The summed E-state index contributed by atoms with van der Waals surface area (Å²) in [5, 5.41) is 8.71. The first-order valence-electron chi connectivity index (χ1n) is 5.07. The number of anilines is 1. The number of hydrogen-bond acceptors (Lipinski definition) is 4. The predicted molar refractivity (Wildman–Crippen MR) is 60.4 cm³/mol. The minimum absolute atomic E-state index is 0.0650. The van der Waals surface area contributed by atoms with E-state index in [0.717, 1.165) is 6.07 Å².